The molecule has 1 aromatic heterocycles. The summed E-state index contributed by atoms with van der Waals surface area (Å²) in [6.07, 6.45) is 4.53. The predicted molar refractivity (Wildman–Crippen MR) is 96.9 cm³/mol. The maximum absolute atomic E-state index is 12.5. The monoisotopic (exact) mass is 348 g/mol. The molecule has 0 spiro atoms. The van der Waals surface area contributed by atoms with E-state index in [1.807, 2.05) is 32.0 Å². The maximum Gasteiger partial charge on any atom is 0.315 e. The lowest BCUT2D eigenvalue weighted by atomic mass is 10.00. The first kappa shape index (κ1) is 18.5. The summed E-state index contributed by atoms with van der Waals surface area (Å²) in [7, 11) is 0. The van der Waals surface area contributed by atoms with Gasteiger partial charge in [0, 0.05) is 11.1 Å². The van der Waals surface area contributed by atoms with Crippen LogP contribution in [0.15, 0.2) is 30.3 Å². The second kappa shape index (κ2) is 8.88. The van der Waals surface area contributed by atoms with Crippen LogP contribution in [0.3, 0.4) is 0 Å². The Hall–Kier alpha value is -1.81. The molecule has 0 aliphatic rings. The molecule has 0 amide bonds. The van der Waals surface area contributed by atoms with E-state index in [0.717, 1.165) is 43.5 Å². The number of hydrogen-bond donors (Lipinski definition) is 0. The lowest BCUT2D eigenvalue weighted by Gasteiger charge is -2.14. The van der Waals surface area contributed by atoms with Gasteiger partial charge in [-0.2, -0.15) is 5.10 Å². The molecule has 0 radical (unpaired) electrons. The third-order valence-electron chi connectivity index (χ3n) is 4.10. The van der Waals surface area contributed by atoms with Gasteiger partial charge in [-0.25, -0.2) is 4.68 Å². The van der Waals surface area contributed by atoms with Crippen molar-refractivity contribution < 1.29 is 9.53 Å². The van der Waals surface area contributed by atoms with Crippen LogP contribution in [0.4, 0.5) is 0 Å². The Bertz CT molecular complexity index is 665. The minimum absolute atomic E-state index is 0.0661. The lowest BCUT2D eigenvalue weighted by molar-refractivity contribution is -0.139. The van der Waals surface area contributed by atoms with E-state index in [-0.39, 0.29) is 11.9 Å². The largest absolute Gasteiger partial charge is 0.407 e. The van der Waals surface area contributed by atoms with Crippen molar-refractivity contribution in [3.63, 3.8) is 0 Å². The first-order valence-corrected chi connectivity index (χ1v) is 9.03. The number of carbonyl (C=O) groups excluding carboxylic acids is 1. The van der Waals surface area contributed by atoms with Crippen molar-refractivity contribution in [3.8, 4) is 11.6 Å². The molecule has 4 nitrogen and oxygen atoms in total. The Kier molecular flexibility index (Phi) is 6.85. The summed E-state index contributed by atoms with van der Waals surface area (Å²) in [5.74, 6) is 0.224. The average Bonchev–Trinajstić information content (AvgIpc) is 2.99. The molecule has 0 bridgehead atoms. The zero-order valence-corrected chi connectivity index (χ0v) is 15.3. The molecule has 2 aromatic rings. The van der Waals surface area contributed by atoms with Gasteiger partial charge in [-0.15, -0.1) is 0 Å². The molecule has 0 fully saturated rings. The van der Waals surface area contributed by atoms with Crippen LogP contribution in [0.1, 0.15) is 52.1 Å². The van der Waals surface area contributed by atoms with Crippen molar-refractivity contribution in [2.24, 2.45) is 5.92 Å². The minimum atomic E-state index is -0.177. The van der Waals surface area contributed by atoms with Gasteiger partial charge < -0.3 is 4.74 Å². The smallest absolute Gasteiger partial charge is 0.315 e. The summed E-state index contributed by atoms with van der Waals surface area (Å²) in [5.41, 5.74) is 1.71. The fourth-order valence-electron chi connectivity index (χ4n) is 2.55. The van der Waals surface area contributed by atoms with Crippen LogP contribution in [0.25, 0.3) is 5.69 Å². The van der Waals surface area contributed by atoms with Crippen molar-refractivity contribution in [1.82, 2.24) is 9.78 Å². The summed E-state index contributed by atoms with van der Waals surface area (Å²) < 4.78 is 7.36. The van der Waals surface area contributed by atoms with E-state index in [1.54, 1.807) is 16.8 Å². The van der Waals surface area contributed by atoms with Gasteiger partial charge in [0.05, 0.1) is 17.3 Å². The number of ether oxygens (including phenoxy) is 1. The summed E-state index contributed by atoms with van der Waals surface area (Å²) in [6.45, 7) is 6.17. The molecule has 1 atom stereocenters. The number of carbonyl (C=O) groups is 1. The number of esters is 1. The molecule has 0 saturated carbocycles. The molecule has 1 unspecified atom stereocenters. The molecule has 1 heterocycles. The Morgan fingerprint density at radius 2 is 1.96 bits per heavy atom. The second-order valence-corrected chi connectivity index (χ2v) is 6.32. The number of aromatic nitrogens is 2. The SMILES string of the molecule is CCCCC(CC)C(=O)Oc1cc(CC)nn1-c1ccc(Cl)cc1. The van der Waals surface area contributed by atoms with Gasteiger partial charge >= 0.3 is 5.97 Å². The molecule has 24 heavy (non-hydrogen) atoms. The highest BCUT2D eigenvalue weighted by molar-refractivity contribution is 6.30. The zero-order chi connectivity index (χ0) is 17.5. The summed E-state index contributed by atoms with van der Waals surface area (Å²) in [5, 5.41) is 5.18. The quantitative estimate of drug-likeness (QED) is 0.615. The number of nitrogens with zero attached hydrogens (tertiary/aromatic N) is 2. The summed E-state index contributed by atoms with van der Waals surface area (Å²) >= 11 is 5.95. The molecule has 0 aliphatic heterocycles. The minimum Gasteiger partial charge on any atom is -0.407 e. The van der Waals surface area contributed by atoms with Crippen molar-refractivity contribution in [2.45, 2.75) is 52.9 Å². The number of hydrogen-bond acceptors (Lipinski definition) is 3. The van der Waals surface area contributed by atoms with Crippen molar-refractivity contribution in [3.05, 3.63) is 41.0 Å². The van der Waals surface area contributed by atoms with E-state index in [0.29, 0.717) is 10.9 Å². The van der Waals surface area contributed by atoms with E-state index in [1.165, 1.54) is 0 Å². The molecule has 5 heteroatoms. The van der Waals surface area contributed by atoms with E-state index in [4.69, 9.17) is 16.3 Å². The predicted octanol–water partition coefficient (Wildman–Crippen LogP) is 5.21. The first-order valence-electron chi connectivity index (χ1n) is 8.65. The standard InChI is InChI=1S/C19H25ClN2O2/c1-4-7-8-14(5-2)19(23)24-18-13-16(6-3)21-22(18)17-11-9-15(20)10-12-17/h9-14H,4-8H2,1-3H3. The van der Waals surface area contributed by atoms with E-state index in [2.05, 4.69) is 12.0 Å². The van der Waals surface area contributed by atoms with Gasteiger partial charge in [-0.1, -0.05) is 45.2 Å². The lowest BCUT2D eigenvalue weighted by Crippen LogP contribution is -2.21. The summed E-state index contributed by atoms with van der Waals surface area (Å²) in [6, 6.07) is 9.15. The fourth-order valence-corrected chi connectivity index (χ4v) is 2.67. The Labute approximate surface area is 148 Å². The average molecular weight is 349 g/mol. The Balaban J connectivity index is 2.24. The first-order chi connectivity index (χ1) is 11.6. The van der Waals surface area contributed by atoms with Crippen LogP contribution >= 0.6 is 11.6 Å². The van der Waals surface area contributed by atoms with Crippen LogP contribution in [0, 0.1) is 5.92 Å². The number of unbranched alkanes of at least 4 members (excludes halogenated alkanes) is 1. The van der Waals surface area contributed by atoms with Crippen LogP contribution in [-0.2, 0) is 11.2 Å². The van der Waals surface area contributed by atoms with E-state index < -0.39 is 0 Å². The van der Waals surface area contributed by atoms with E-state index >= 15 is 0 Å². The third kappa shape index (κ3) is 4.60. The molecular formula is C19H25ClN2O2. The van der Waals surface area contributed by atoms with Crippen LogP contribution < -0.4 is 4.74 Å². The van der Waals surface area contributed by atoms with Gasteiger partial charge in [-0.05, 0) is 43.5 Å². The number of benzene rings is 1. The van der Waals surface area contributed by atoms with Crippen molar-refractivity contribution >= 4 is 17.6 Å². The molecule has 1 aromatic carbocycles. The topological polar surface area (TPSA) is 44.1 Å². The number of aryl methyl sites for hydroxylation is 1. The van der Waals surface area contributed by atoms with Gasteiger partial charge in [0.2, 0.25) is 5.88 Å². The number of halogens is 1. The molecule has 0 aliphatic carbocycles. The van der Waals surface area contributed by atoms with Crippen molar-refractivity contribution in [1.29, 1.82) is 0 Å². The van der Waals surface area contributed by atoms with Gasteiger partial charge in [0.1, 0.15) is 0 Å². The van der Waals surface area contributed by atoms with Crippen LogP contribution in [-0.4, -0.2) is 15.7 Å². The second-order valence-electron chi connectivity index (χ2n) is 5.88. The summed E-state index contributed by atoms with van der Waals surface area (Å²) in [4.78, 5) is 12.5. The Morgan fingerprint density at radius 1 is 1.25 bits per heavy atom. The van der Waals surface area contributed by atoms with Crippen molar-refractivity contribution in [2.75, 3.05) is 0 Å². The molecule has 0 saturated heterocycles. The fraction of sp³-hybridized carbons (Fsp3) is 0.474. The molecule has 0 N–H and O–H groups in total. The van der Waals surface area contributed by atoms with Gasteiger partial charge in [-0.3, -0.25) is 4.79 Å². The highest BCUT2D eigenvalue weighted by Gasteiger charge is 2.21. The van der Waals surface area contributed by atoms with Crippen LogP contribution in [0.2, 0.25) is 5.02 Å². The maximum atomic E-state index is 12.5. The Morgan fingerprint density at radius 3 is 2.54 bits per heavy atom. The van der Waals surface area contributed by atoms with Crippen LogP contribution in [0.5, 0.6) is 5.88 Å². The van der Waals surface area contributed by atoms with Gasteiger partial charge in [0.15, 0.2) is 0 Å². The van der Waals surface area contributed by atoms with E-state index in [9.17, 15) is 4.79 Å². The third-order valence-corrected chi connectivity index (χ3v) is 4.35. The highest BCUT2D eigenvalue weighted by Crippen LogP contribution is 2.24. The molecule has 2 rings (SSSR count). The molecule has 130 valence electrons. The highest BCUT2D eigenvalue weighted by atomic mass is 35.5. The number of rotatable bonds is 8. The zero-order valence-electron chi connectivity index (χ0n) is 14.6. The van der Waals surface area contributed by atoms with Gasteiger partial charge in [0.25, 0.3) is 0 Å². The normalized spacial score (nSPS) is 12.2. The molecular weight excluding hydrogens is 324 g/mol.